The fourth-order valence-electron chi connectivity index (χ4n) is 3.84. The van der Waals surface area contributed by atoms with Gasteiger partial charge in [-0.3, -0.25) is 4.98 Å². The molecule has 26 heavy (non-hydrogen) atoms. The van der Waals surface area contributed by atoms with E-state index in [1.54, 1.807) is 0 Å². The van der Waals surface area contributed by atoms with E-state index in [1.165, 1.54) is 47.1 Å². The smallest absolute Gasteiger partial charge is 0.0273 e. The molecule has 1 nitrogen and oxygen atoms in total. The predicted molar refractivity (Wildman–Crippen MR) is 111 cm³/mol. The van der Waals surface area contributed by atoms with Gasteiger partial charge in [-0.2, -0.15) is 0 Å². The first kappa shape index (κ1) is 18.4. The maximum Gasteiger partial charge on any atom is 0.0273 e. The van der Waals surface area contributed by atoms with Crippen LogP contribution in [0.25, 0.3) is 11.1 Å². The highest BCUT2D eigenvalue weighted by Crippen LogP contribution is 2.39. The summed E-state index contributed by atoms with van der Waals surface area (Å²) >= 11 is 0. The zero-order chi connectivity index (χ0) is 18.4. The van der Waals surface area contributed by atoms with E-state index < -0.39 is 0 Å². The van der Waals surface area contributed by atoms with Crippen LogP contribution in [0.5, 0.6) is 0 Å². The van der Waals surface area contributed by atoms with Gasteiger partial charge in [0, 0.05) is 18.3 Å². The summed E-state index contributed by atoms with van der Waals surface area (Å²) in [4.78, 5) is 4.12. The third kappa shape index (κ3) is 4.22. The molecule has 0 aliphatic heterocycles. The summed E-state index contributed by atoms with van der Waals surface area (Å²) in [6, 6.07) is 22.1. The van der Waals surface area contributed by atoms with E-state index in [4.69, 9.17) is 0 Å². The van der Waals surface area contributed by atoms with Gasteiger partial charge in [0.25, 0.3) is 0 Å². The molecule has 0 bridgehead atoms. The number of pyridine rings is 1. The second-order valence-electron chi connectivity index (χ2n) is 7.36. The Hall–Kier alpha value is -2.41. The van der Waals surface area contributed by atoms with Crippen LogP contribution >= 0.6 is 0 Å². The number of benzene rings is 2. The standard InChI is InChI=1S/C22H21N.C3H8/c1-16-13-19-5-2-3-8-21(19)22(14-16)20-7-4-6-18(15-20)17-9-11-23-12-10-17;1-3-2/h2-12,15-16,22H,13-14H2,1H3;3H2,1-2H3/t16-,22-;/m1./s1. The van der Waals surface area contributed by atoms with Crippen LogP contribution in [0, 0.1) is 5.92 Å². The van der Waals surface area contributed by atoms with Crippen molar-refractivity contribution in [3.05, 3.63) is 89.7 Å². The Morgan fingerprint density at radius 3 is 2.38 bits per heavy atom. The molecule has 0 fully saturated rings. The summed E-state index contributed by atoms with van der Waals surface area (Å²) in [6.45, 7) is 6.62. The second-order valence-corrected chi connectivity index (χ2v) is 7.36. The van der Waals surface area contributed by atoms with E-state index in [-0.39, 0.29) is 0 Å². The number of hydrogen-bond acceptors (Lipinski definition) is 1. The van der Waals surface area contributed by atoms with Gasteiger partial charge >= 0.3 is 0 Å². The first-order valence-electron chi connectivity index (χ1n) is 9.81. The molecule has 1 aliphatic carbocycles. The van der Waals surface area contributed by atoms with Crippen molar-refractivity contribution in [3.8, 4) is 11.1 Å². The Morgan fingerprint density at radius 1 is 0.885 bits per heavy atom. The van der Waals surface area contributed by atoms with Crippen molar-refractivity contribution in [1.29, 1.82) is 0 Å². The highest BCUT2D eigenvalue weighted by atomic mass is 14.6. The Labute approximate surface area is 158 Å². The van der Waals surface area contributed by atoms with E-state index in [9.17, 15) is 0 Å². The zero-order valence-electron chi connectivity index (χ0n) is 16.2. The summed E-state index contributed by atoms with van der Waals surface area (Å²) in [5, 5.41) is 0. The SMILES string of the molecule is CCC.C[C@@H]1Cc2ccccc2[C@@H](c2cccc(-c3ccncc3)c2)C1. The molecule has 0 spiro atoms. The van der Waals surface area contributed by atoms with Gasteiger partial charge in [0.2, 0.25) is 0 Å². The average Bonchev–Trinajstić information content (AvgIpc) is 2.69. The maximum absolute atomic E-state index is 4.12. The summed E-state index contributed by atoms with van der Waals surface area (Å²) in [5.74, 6) is 1.25. The normalized spacial score (nSPS) is 18.4. The quantitative estimate of drug-likeness (QED) is 0.494. The van der Waals surface area contributed by atoms with Crippen LogP contribution in [-0.2, 0) is 6.42 Å². The van der Waals surface area contributed by atoms with Gasteiger partial charge in [-0.25, -0.2) is 0 Å². The fraction of sp³-hybridized carbons (Fsp3) is 0.320. The molecule has 1 aliphatic rings. The van der Waals surface area contributed by atoms with Gasteiger partial charge in [0.05, 0.1) is 0 Å². The van der Waals surface area contributed by atoms with Crippen molar-refractivity contribution in [2.75, 3.05) is 0 Å². The van der Waals surface area contributed by atoms with Gasteiger partial charge in [-0.05, 0) is 58.7 Å². The molecule has 0 N–H and O–H groups in total. The molecule has 0 amide bonds. The summed E-state index contributed by atoms with van der Waals surface area (Å²) in [7, 11) is 0. The van der Waals surface area contributed by atoms with Crippen LogP contribution in [-0.4, -0.2) is 4.98 Å². The van der Waals surface area contributed by atoms with Gasteiger partial charge in [0.1, 0.15) is 0 Å². The lowest BCUT2D eigenvalue weighted by Gasteiger charge is -2.30. The molecule has 4 rings (SSSR count). The van der Waals surface area contributed by atoms with Crippen LogP contribution in [0.15, 0.2) is 73.1 Å². The molecule has 1 heteroatoms. The summed E-state index contributed by atoms with van der Waals surface area (Å²) in [5.41, 5.74) is 6.97. The Balaban J connectivity index is 0.000000613. The third-order valence-electron chi connectivity index (χ3n) is 4.94. The van der Waals surface area contributed by atoms with E-state index >= 15 is 0 Å². The minimum atomic E-state index is 0.511. The number of fused-ring (bicyclic) bond motifs is 1. The maximum atomic E-state index is 4.12. The molecule has 0 radical (unpaired) electrons. The van der Waals surface area contributed by atoms with E-state index in [0.29, 0.717) is 5.92 Å². The van der Waals surface area contributed by atoms with Crippen LogP contribution in [0.3, 0.4) is 0 Å². The highest BCUT2D eigenvalue weighted by molar-refractivity contribution is 5.64. The fourth-order valence-corrected chi connectivity index (χ4v) is 3.84. The Bertz CT molecular complexity index is 822. The van der Waals surface area contributed by atoms with E-state index in [1.807, 2.05) is 12.4 Å². The van der Waals surface area contributed by atoms with Crippen LogP contribution in [0.4, 0.5) is 0 Å². The molecular formula is C25H29N. The minimum absolute atomic E-state index is 0.511. The lowest BCUT2D eigenvalue weighted by Crippen LogP contribution is -2.17. The first-order chi connectivity index (χ1) is 12.7. The van der Waals surface area contributed by atoms with Gasteiger partial charge in [0.15, 0.2) is 0 Å². The largest absolute Gasteiger partial charge is 0.265 e. The van der Waals surface area contributed by atoms with Crippen LogP contribution in [0.2, 0.25) is 0 Å². The van der Waals surface area contributed by atoms with Crippen molar-refractivity contribution < 1.29 is 0 Å². The number of hydrogen-bond donors (Lipinski definition) is 0. The van der Waals surface area contributed by atoms with Crippen molar-refractivity contribution >= 4 is 0 Å². The molecule has 0 saturated carbocycles. The van der Waals surface area contributed by atoms with E-state index in [2.05, 4.69) is 86.4 Å². The van der Waals surface area contributed by atoms with E-state index in [0.717, 1.165) is 5.92 Å². The first-order valence-corrected chi connectivity index (χ1v) is 9.81. The molecule has 134 valence electrons. The lowest BCUT2D eigenvalue weighted by atomic mass is 9.74. The summed E-state index contributed by atoms with van der Waals surface area (Å²) in [6.07, 6.45) is 7.41. The topological polar surface area (TPSA) is 12.9 Å². The number of nitrogens with zero attached hydrogens (tertiary/aromatic N) is 1. The molecule has 1 aromatic heterocycles. The van der Waals surface area contributed by atoms with Crippen molar-refractivity contribution in [2.45, 2.75) is 46.0 Å². The molecule has 1 heterocycles. The molecule has 0 unspecified atom stereocenters. The zero-order valence-corrected chi connectivity index (χ0v) is 16.2. The predicted octanol–water partition coefficient (Wildman–Crippen LogP) is 6.88. The highest BCUT2D eigenvalue weighted by Gasteiger charge is 2.25. The van der Waals surface area contributed by atoms with Gasteiger partial charge in [-0.15, -0.1) is 0 Å². The molecule has 2 aromatic carbocycles. The van der Waals surface area contributed by atoms with Crippen LogP contribution in [0.1, 0.15) is 56.2 Å². The average molecular weight is 344 g/mol. The monoisotopic (exact) mass is 343 g/mol. The van der Waals surface area contributed by atoms with Gasteiger partial charge < -0.3 is 0 Å². The number of aromatic nitrogens is 1. The second kappa shape index (κ2) is 8.80. The third-order valence-corrected chi connectivity index (χ3v) is 4.94. The van der Waals surface area contributed by atoms with Crippen LogP contribution < -0.4 is 0 Å². The molecule has 3 aromatic rings. The minimum Gasteiger partial charge on any atom is -0.265 e. The van der Waals surface area contributed by atoms with Gasteiger partial charge in [-0.1, -0.05) is 75.7 Å². The molecule has 2 atom stereocenters. The molecule has 0 saturated heterocycles. The van der Waals surface area contributed by atoms with Crippen molar-refractivity contribution in [2.24, 2.45) is 5.92 Å². The van der Waals surface area contributed by atoms with Crippen molar-refractivity contribution in [1.82, 2.24) is 4.98 Å². The Morgan fingerprint density at radius 2 is 1.62 bits per heavy atom. The molecular weight excluding hydrogens is 314 g/mol. The van der Waals surface area contributed by atoms with Crippen molar-refractivity contribution in [3.63, 3.8) is 0 Å². The Kier molecular flexibility index (Phi) is 6.22. The summed E-state index contributed by atoms with van der Waals surface area (Å²) < 4.78 is 0. The lowest BCUT2D eigenvalue weighted by molar-refractivity contribution is 0.464. The number of rotatable bonds is 2.